The number of benzene rings is 2. The molecule has 9 heteroatoms. The molecule has 0 fully saturated rings. The quantitative estimate of drug-likeness (QED) is 0.338. The normalized spacial score (nSPS) is 10.8. The third-order valence-corrected chi connectivity index (χ3v) is 4.37. The van der Waals surface area contributed by atoms with Gasteiger partial charge in [-0.05, 0) is 64.9 Å². The molecule has 26 heavy (non-hydrogen) atoms. The lowest BCUT2D eigenvalue weighted by molar-refractivity contribution is 0.267. The number of nitrogens with zero attached hydrogens (tertiary/aromatic N) is 1. The Bertz CT molecular complexity index is 834. The number of nitrogens with one attached hydrogen (secondary N) is 1. The van der Waals surface area contributed by atoms with Crippen molar-refractivity contribution in [3.63, 3.8) is 0 Å². The first-order valence-electron chi connectivity index (χ1n) is 7.52. The van der Waals surface area contributed by atoms with Gasteiger partial charge in [-0.1, -0.05) is 29.3 Å². The highest BCUT2D eigenvalue weighted by atomic mass is 79.9. The molecule has 0 saturated heterocycles. The van der Waals surface area contributed by atoms with Crippen LogP contribution in [0.4, 0.5) is 0 Å². The summed E-state index contributed by atoms with van der Waals surface area (Å²) in [6.07, 6.45) is 1.58. The fourth-order valence-corrected chi connectivity index (χ4v) is 3.11. The molecule has 3 N–H and O–H groups in total. The molecule has 5 nitrogen and oxygen atoms in total. The average molecular weight is 477 g/mol. The van der Waals surface area contributed by atoms with Crippen molar-refractivity contribution in [1.29, 1.82) is 0 Å². The number of halogens is 3. The lowest BCUT2D eigenvalue weighted by Gasteiger charge is -2.15. The van der Waals surface area contributed by atoms with Gasteiger partial charge in [-0.15, -0.1) is 0 Å². The van der Waals surface area contributed by atoms with E-state index in [-0.39, 0.29) is 11.7 Å². The highest BCUT2D eigenvalue weighted by molar-refractivity contribution is 9.10. The second kappa shape index (κ2) is 9.97. The summed E-state index contributed by atoms with van der Waals surface area (Å²) >= 11 is 20.3. The van der Waals surface area contributed by atoms with Gasteiger partial charge in [-0.2, -0.15) is 5.10 Å². The molecule has 2 rings (SSSR count). The van der Waals surface area contributed by atoms with E-state index >= 15 is 0 Å². The zero-order chi connectivity index (χ0) is 19.1. The molecule has 0 heterocycles. The van der Waals surface area contributed by atoms with Crippen LogP contribution in [0.3, 0.4) is 0 Å². The van der Waals surface area contributed by atoms with Crippen LogP contribution in [0, 0.1) is 0 Å². The summed E-state index contributed by atoms with van der Waals surface area (Å²) in [4.78, 5) is 0. The number of thiocarbonyl (C=S) groups is 1. The number of ether oxygens (including phenoxy) is 2. The van der Waals surface area contributed by atoms with Crippen LogP contribution in [0.2, 0.25) is 10.0 Å². The van der Waals surface area contributed by atoms with Crippen LogP contribution < -0.4 is 20.6 Å². The predicted octanol–water partition coefficient (Wildman–Crippen LogP) is 4.90. The fraction of sp³-hybridized carbons (Fsp3) is 0.176. The fourth-order valence-electron chi connectivity index (χ4n) is 2.02. The van der Waals surface area contributed by atoms with Crippen LogP contribution in [0.5, 0.6) is 11.5 Å². The minimum Gasteiger partial charge on any atom is -0.490 e. The summed E-state index contributed by atoms with van der Waals surface area (Å²) in [7, 11) is 0. The van der Waals surface area contributed by atoms with Gasteiger partial charge < -0.3 is 15.2 Å². The first-order valence-corrected chi connectivity index (χ1v) is 9.48. The molecule has 0 aliphatic carbocycles. The lowest BCUT2D eigenvalue weighted by atomic mass is 10.2. The molecule has 0 amide bonds. The smallest absolute Gasteiger partial charge is 0.184 e. The Hall–Kier alpha value is -1.54. The summed E-state index contributed by atoms with van der Waals surface area (Å²) in [5.41, 5.74) is 9.44. The molecule has 0 aliphatic rings. The van der Waals surface area contributed by atoms with E-state index in [0.717, 1.165) is 11.1 Å². The zero-order valence-corrected chi connectivity index (χ0v) is 17.7. The summed E-state index contributed by atoms with van der Waals surface area (Å²) in [5, 5.41) is 5.14. The van der Waals surface area contributed by atoms with E-state index in [1.807, 2.05) is 19.1 Å². The van der Waals surface area contributed by atoms with E-state index in [2.05, 4.69) is 26.5 Å². The Kier molecular flexibility index (Phi) is 7.96. The van der Waals surface area contributed by atoms with Crippen LogP contribution in [0.1, 0.15) is 18.1 Å². The first-order chi connectivity index (χ1) is 12.4. The van der Waals surface area contributed by atoms with Crippen molar-refractivity contribution in [3.8, 4) is 11.5 Å². The summed E-state index contributed by atoms with van der Waals surface area (Å²) < 4.78 is 12.3. The van der Waals surface area contributed by atoms with Crippen molar-refractivity contribution in [2.75, 3.05) is 6.61 Å². The topological polar surface area (TPSA) is 68.9 Å². The zero-order valence-electron chi connectivity index (χ0n) is 13.8. The Morgan fingerprint density at radius 3 is 2.73 bits per heavy atom. The number of hydrazone groups is 1. The van der Waals surface area contributed by atoms with Crippen LogP contribution in [-0.4, -0.2) is 17.9 Å². The molecule has 0 aliphatic heterocycles. The molecule has 0 atom stereocenters. The predicted molar refractivity (Wildman–Crippen MR) is 114 cm³/mol. The van der Waals surface area contributed by atoms with Crippen LogP contribution in [-0.2, 0) is 6.61 Å². The van der Waals surface area contributed by atoms with E-state index in [1.165, 1.54) is 0 Å². The maximum Gasteiger partial charge on any atom is 0.184 e. The molecular formula is C17H16BrCl2N3O2S. The van der Waals surface area contributed by atoms with Crippen LogP contribution >= 0.6 is 51.3 Å². The van der Waals surface area contributed by atoms with Crippen molar-refractivity contribution in [2.24, 2.45) is 10.8 Å². The van der Waals surface area contributed by atoms with Gasteiger partial charge in [0.2, 0.25) is 0 Å². The molecule has 2 aromatic rings. The minimum atomic E-state index is 0.0881. The van der Waals surface area contributed by atoms with Crippen molar-refractivity contribution in [2.45, 2.75) is 13.5 Å². The number of nitrogens with two attached hydrogens (primary N) is 1. The standard InChI is InChI=1S/C17H16BrCl2N3O2S/c1-2-24-15-6-10(8-22-23-17(21)26)5-13(18)16(15)25-9-11-3-4-12(19)7-14(11)20/h3-8H,2,9H2,1H3,(H3,21,23,26)/b22-8-. The molecule has 0 spiro atoms. The van der Waals surface area contributed by atoms with Gasteiger partial charge in [0.15, 0.2) is 16.6 Å². The summed E-state index contributed by atoms with van der Waals surface area (Å²) in [6.45, 7) is 2.64. The Balaban J connectivity index is 2.23. The Morgan fingerprint density at radius 2 is 2.08 bits per heavy atom. The van der Waals surface area contributed by atoms with Crippen LogP contribution in [0.25, 0.3) is 0 Å². The summed E-state index contributed by atoms with van der Waals surface area (Å²) in [6, 6.07) is 8.90. The molecule has 0 radical (unpaired) electrons. The summed E-state index contributed by atoms with van der Waals surface area (Å²) in [5.74, 6) is 1.14. The second-order valence-corrected chi connectivity index (χ2v) is 7.16. The van der Waals surface area contributed by atoms with E-state index < -0.39 is 0 Å². The number of rotatable bonds is 7. The van der Waals surface area contributed by atoms with Crippen molar-refractivity contribution in [3.05, 3.63) is 56.0 Å². The Labute approximate surface area is 175 Å². The van der Waals surface area contributed by atoms with Gasteiger partial charge in [-0.3, -0.25) is 5.43 Å². The van der Waals surface area contributed by atoms with E-state index in [1.54, 1.807) is 24.4 Å². The van der Waals surface area contributed by atoms with E-state index in [0.29, 0.717) is 32.6 Å². The highest BCUT2D eigenvalue weighted by Gasteiger charge is 2.13. The first kappa shape index (κ1) is 20.8. The largest absolute Gasteiger partial charge is 0.490 e. The van der Waals surface area contributed by atoms with Gasteiger partial charge in [0.25, 0.3) is 0 Å². The maximum absolute atomic E-state index is 6.19. The van der Waals surface area contributed by atoms with Gasteiger partial charge >= 0.3 is 0 Å². The van der Waals surface area contributed by atoms with Crippen molar-refractivity contribution < 1.29 is 9.47 Å². The van der Waals surface area contributed by atoms with Gasteiger partial charge in [0.05, 0.1) is 17.3 Å². The monoisotopic (exact) mass is 475 g/mol. The van der Waals surface area contributed by atoms with Crippen LogP contribution in [0.15, 0.2) is 39.9 Å². The van der Waals surface area contributed by atoms with Gasteiger partial charge in [0, 0.05) is 15.6 Å². The molecule has 0 saturated carbocycles. The van der Waals surface area contributed by atoms with E-state index in [4.69, 9.17) is 50.6 Å². The number of hydrogen-bond acceptors (Lipinski definition) is 4. The van der Waals surface area contributed by atoms with Crippen molar-refractivity contribution >= 4 is 62.7 Å². The third-order valence-electron chi connectivity index (χ3n) is 3.11. The molecule has 2 aromatic carbocycles. The van der Waals surface area contributed by atoms with E-state index in [9.17, 15) is 0 Å². The molecule has 138 valence electrons. The Morgan fingerprint density at radius 1 is 1.31 bits per heavy atom. The third kappa shape index (κ3) is 6.02. The molecule has 0 bridgehead atoms. The molecule has 0 unspecified atom stereocenters. The second-order valence-electron chi connectivity index (χ2n) is 5.02. The molecule has 0 aromatic heterocycles. The number of hydrogen-bond donors (Lipinski definition) is 2. The van der Waals surface area contributed by atoms with Gasteiger partial charge in [0.1, 0.15) is 6.61 Å². The molecular weight excluding hydrogens is 461 g/mol. The highest BCUT2D eigenvalue weighted by Crippen LogP contribution is 2.37. The lowest BCUT2D eigenvalue weighted by Crippen LogP contribution is -2.23. The maximum atomic E-state index is 6.19. The minimum absolute atomic E-state index is 0.0881. The van der Waals surface area contributed by atoms with Crippen molar-refractivity contribution in [1.82, 2.24) is 5.43 Å². The van der Waals surface area contributed by atoms with Gasteiger partial charge in [-0.25, -0.2) is 0 Å². The average Bonchev–Trinajstić information content (AvgIpc) is 2.55. The SMILES string of the molecule is CCOc1cc(/C=N\NC(N)=S)cc(Br)c1OCc1ccc(Cl)cc1Cl.